The van der Waals surface area contributed by atoms with Crippen molar-refractivity contribution in [1.82, 2.24) is 0 Å². The minimum absolute atomic E-state index is 0.657. The van der Waals surface area contributed by atoms with Gasteiger partial charge < -0.3 is 8.83 Å². The molecule has 0 saturated heterocycles. The van der Waals surface area contributed by atoms with Gasteiger partial charge in [-0.1, -0.05) is 6.08 Å². The van der Waals surface area contributed by atoms with E-state index in [0.29, 0.717) is 0 Å². The zero-order valence-electron chi connectivity index (χ0n) is 8.04. The molecule has 0 aliphatic heterocycles. The Morgan fingerprint density at radius 3 is 1.94 bits per heavy atom. The molecule has 6 nitrogen and oxygen atoms in total. The summed E-state index contributed by atoms with van der Waals surface area (Å²) in [6, 6.07) is 1.84. The highest BCUT2D eigenvalue weighted by Gasteiger charge is 2.09. The summed E-state index contributed by atoms with van der Waals surface area (Å²) in [4.78, 5) is 16.5. The van der Waals surface area contributed by atoms with Crippen LogP contribution in [0.3, 0.4) is 0 Å². The summed E-state index contributed by atoms with van der Waals surface area (Å²) in [5.74, 6) is -0.657. The van der Waals surface area contributed by atoms with Crippen LogP contribution in [0.2, 0.25) is 0 Å². The minimum Gasteiger partial charge on any atom is -0.399 e. The summed E-state index contributed by atoms with van der Waals surface area (Å²) in [6.07, 6.45) is 5.49. The number of rotatable bonds is 0. The highest BCUT2D eigenvalue weighted by atomic mass is 31.2. The van der Waals surface area contributed by atoms with Crippen LogP contribution in [0.4, 0.5) is 8.39 Å². The van der Waals surface area contributed by atoms with E-state index in [9.17, 15) is 13.2 Å². The van der Waals surface area contributed by atoms with Gasteiger partial charge in [-0.2, -0.15) is 5.26 Å². The summed E-state index contributed by atoms with van der Waals surface area (Å²) in [5.41, 5.74) is 0. The molecule has 0 aliphatic rings. The molecule has 1 aromatic heterocycles. The second kappa shape index (κ2) is 9.83. The summed E-state index contributed by atoms with van der Waals surface area (Å²) < 4.78 is 36.9. The third kappa shape index (κ3) is 29.5. The Bertz CT molecular complexity index is 401. The SMILES string of the molecule is CC=CC#N.O=P(O)(F)F.O=c1occo1. The molecule has 1 rings (SSSR count). The molecule has 0 aliphatic carbocycles. The zero-order chi connectivity index (χ0) is 13.0. The van der Waals surface area contributed by atoms with Crippen molar-refractivity contribution in [2.45, 2.75) is 6.92 Å². The average molecular weight is 255 g/mol. The van der Waals surface area contributed by atoms with Crippen molar-refractivity contribution in [1.29, 1.82) is 5.26 Å². The van der Waals surface area contributed by atoms with Gasteiger partial charge in [-0.15, -0.1) is 8.39 Å². The van der Waals surface area contributed by atoms with E-state index in [2.05, 4.69) is 8.83 Å². The molecule has 0 fully saturated rings. The molecule has 0 radical (unpaired) electrons. The number of nitriles is 1. The van der Waals surface area contributed by atoms with Crippen molar-refractivity contribution in [3.05, 3.63) is 35.3 Å². The number of hydrogen-bond donors (Lipinski definition) is 1. The summed E-state index contributed by atoms with van der Waals surface area (Å²) in [5, 5.41) is 7.73. The van der Waals surface area contributed by atoms with Crippen molar-refractivity contribution in [3.63, 3.8) is 0 Å². The Kier molecular flexibility index (Phi) is 10.3. The standard InChI is InChI=1S/C4H5N.C3H2O3.F2HO2P/c1-2-3-4-5;4-3-5-1-2-6-3;1-5(2,3)4/h2-3H,1H3;1-2H;(H,3,4). The Balaban J connectivity index is 0. The van der Waals surface area contributed by atoms with Crippen molar-refractivity contribution < 1.29 is 26.7 Å². The Hall–Kier alpha value is -1.71. The maximum Gasteiger partial charge on any atom is 0.549 e. The lowest BCUT2D eigenvalue weighted by Gasteiger charge is -1.73. The molecular weight excluding hydrogens is 247 g/mol. The quantitative estimate of drug-likeness (QED) is 0.563. The topological polar surface area (TPSA) is 104 Å². The smallest absolute Gasteiger partial charge is 0.399 e. The second-order valence-electron chi connectivity index (χ2n) is 1.82. The van der Waals surface area contributed by atoms with Crippen LogP contribution in [0, 0.1) is 11.3 Å². The number of nitrogens with zero attached hydrogens (tertiary/aromatic N) is 1. The lowest BCUT2D eigenvalue weighted by Crippen LogP contribution is -1.83. The van der Waals surface area contributed by atoms with Crippen LogP contribution >= 0.6 is 7.99 Å². The lowest BCUT2D eigenvalue weighted by atomic mass is 10.6. The first-order chi connectivity index (χ1) is 7.31. The van der Waals surface area contributed by atoms with Crippen LogP contribution in [0.25, 0.3) is 0 Å². The summed E-state index contributed by atoms with van der Waals surface area (Å²) in [6.45, 7) is 1.81. The highest BCUT2D eigenvalue weighted by Crippen LogP contribution is 2.43. The summed E-state index contributed by atoms with van der Waals surface area (Å²) >= 11 is 0. The fraction of sp³-hybridized carbons (Fsp3) is 0.143. The Morgan fingerprint density at radius 2 is 1.88 bits per heavy atom. The van der Waals surface area contributed by atoms with Gasteiger partial charge in [0.15, 0.2) is 0 Å². The van der Waals surface area contributed by atoms with Crippen LogP contribution in [0.15, 0.2) is 38.3 Å². The molecule has 0 saturated carbocycles. The second-order valence-corrected chi connectivity index (χ2v) is 2.69. The van der Waals surface area contributed by atoms with E-state index in [1.54, 1.807) is 6.08 Å². The van der Waals surface area contributed by atoms with Crippen LogP contribution in [0.5, 0.6) is 0 Å². The van der Waals surface area contributed by atoms with Gasteiger partial charge in [0.25, 0.3) is 0 Å². The van der Waals surface area contributed by atoms with Gasteiger partial charge >= 0.3 is 13.8 Å². The fourth-order valence-electron chi connectivity index (χ4n) is 0.269. The van der Waals surface area contributed by atoms with Gasteiger partial charge in [-0.3, -0.25) is 4.89 Å². The molecule has 1 aromatic rings. The first kappa shape index (κ1) is 16.7. The molecule has 9 heteroatoms. The first-order valence-electron chi connectivity index (χ1n) is 3.56. The summed E-state index contributed by atoms with van der Waals surface area (Å²) in [7, 11) is -5.64. The lowest BCUT2D eigenvalue weighted by molar-refractivity contribution is 0.376. The third-order valence-electron chi connectivity index (χ3n) is 0.625. The fourth-order valence-corrected chi connectivity index (χ4v) is 0.269. The van der Waals surface area contributed by atoms with Crippen LogP contribution in [-0.4, -0.2) is 4.89 Å². The molecular formula is C7H8F2NO5P. The third-order valence-corrected chi connectivity index (χ3v) is 0.625. The molecule has 0 bridgehead atoms. The van der Waals surface area contributed by atoms with Gasteiger partial charge in [0.1, 0.15) is 12.5 Å². The Morgan fingerprint density at radius 1 is 1.50 bits per heavy atom. The maximum absolute atomic E-state index is 10.1. The van der Waals surface area contributed by atoms with E-state index in [4.69, 9.17) is 14.7 Å². The van der Waals surface area contributed by atoms with Gasteiger partial charge in [-0.25, -0.2) is 9.36 Å². The van der Waals surface area contributed by atoms with Crippen molar-refractivity contribution in [3.8, 4) is 6.07 Å². The molecule has 16 heavy (non-hydrogen) atoms. The molecule has 1 N–H and O–H groups in total. The largest absolute Gasteiger partial charge is 0.549 e. The van der Waals surface area contributed by atoms with Crippen molar-refractivity contribution in [2.75, 3.05) is 0 Å². The van der Waals surface area contributed by atoms with Crippen LogP contribution < -0.4 is 5.82 Å². The molecule has 1 heterocycles. The molecule has 0 aromatic carbocycles. The van der Waals surface area contributed by atoms with Gasteiger partial charge in [0.2, 0.25) is 0 Å². The molecule has 0 unspecified atom stereocenters. The van der Waals surface area contributed by atoms with Gasteiger partial charge in [0.05, 0.1) is 6.07 Å². The predicted molar refractivity (Wildman–Crippen MR) is 49.7 cm³/mol. The molecule has 0 spiro atoms. The Labute approximate surface area is 89.1 Å². The van der Waals surface area contributed by atoms with Crippen LogP contribution in [0.1, 0.15) is 6.92 Å². The maximum atomic E-state index is 10.1. The van der Waals surface area contributed by atoms with Gasteiger partial charge in [0, 0.05) is 6.08 Å². The van der Waals surface area contributed by atoms with E-state index in [1.807, 2.05) is 13.0 Å². The average Bonchev–Trinajstić information content (AvgIpc) is 2.55. The first-order valence-corrected chi connectivity index (χ1v) is 5.00. The monoisotopic (exact) mass is 255 g/mol. The number of hydrogen-bond acceptors (Lipinski definition) is 5. The van der Waals surface area contributed by atoms with E-state index >= 15 is 0 Å². The zero-order valence-corrected chi connectivity index (χ0v) is 8.93. The minimum atomic E-state index is -5.64. The normalized spacial score (nSPS) is 9.44. The van der Waals surface area contributed by atoms with Crippen molar-refractivity contribution in [2.24, 2.45) is 0 Å². The molecule has 0 atom stereocenters. The van der Waals surface area contributed by atoms with E-state index in [1.165, 1.54) is 18.6 Å². The van der Waals surface area contributed by atoms with Crippen molar-refractivity contribution >= 4 is 7.99 Å². The van der Waals surface area contributed by atoms with E-state index < -0.39 is 13.8 Å². The number of halogens is 2. The van der Waals surface area contributed by atoms with Gasteiger partial charge in [-0.05, 0) is 6.92 Å². The number of allylic oxidation sites excluding steroid dienone is 2. The van der Waals surface area contributed by atoms with Crippen LogP contribution in [-0.2, 0) is 4.57 Å². The highest BCUT2D eigenvalue weighted by molar-refractivity contribution is 7.46. The predicted octanol–water partition coefficient (Wildman–Crippen LogP) is 2.34. The molecule has 0 amide bonds. The van der Waals surface area contributed by atoms with E-state index in [-0.39, 0.29) is 0 Å². The van der Waals surface area contributed by atoms with E-state index in [0.717, 1.165) is 0 Å². The molecule has 90 valence electrons.